The summed E-state index contributed by atoms with van der Waals surface area (Å²) in [4.78, 5) is 35.3. The second kappa shape index (κ2) is 9.63. The summed E-state index contributed by atoms with van der Waals surface area (Å²) in [6.45, 7) is 3.74. The van der Waals surface area contributed by atoms with Gasteiger partial charge < -0.3 is 21.3 Å². The van der Waals surface area contributed by atoms with Crippen molar-refractivity contribution >= 4 is 29.2 Å². The SMILES string of the molecule is C=CCNC(=O)Nc1ccc(NC(=O)CNC(=O)c2ccccc2)cc1. The predicted molar refractivity (Wildman–Crippen MR) is 101 cm³/mol. The highest BCUT2D eigenvalue weighted by atomic mass is 16.2. The van der Waals surface area contributed by atoms with Crippen LogP contribution in [0.2, 0.25) is 0 Å². The summed E-state index contributed by atoms with van der Waals surface area (Å²) in [5, 5.41) is 10.5. The second-order valence-corrected chi connectivity index (χ2v) is 5.30. The van der Waals surface area contributed by atoms with E-state index in [4.69, 9.17) is 0 Å². The Morgan fingerprint density at radius 2 is 1.46 bits per heavy atom. The molecule has 0 saturated carbocycles. The normalized spacial score (nSPS) is 9.69. The average molecular weight is 352 g/mol. The Bertz CT molecular complexity index is 773. The first-order chi connectivity index (χ1) is 12.6. The van der Waals surface area contributed by atoms with E-state index in [2.05, 4.69) is 27.8 Å². The number of carbonyl (C=O) groups is 3. The number of hydrogen-bond donors (Lipinski definition) is 4. The fourth-order valence-electron chi connectivity index (χ4n) is 2.03. The Morgan fingerprint density at radius 1 is 0.846 bits per heavy atom. The van der Waals surface area contributed by atoms with E-state index < -0.39 is 0 Å². The molecule has 7 nitrogen and oxygen atoms in total. The van der Waals surface area contributed by atoms with E-state index in [9.17, 15) is 14.4 Å². The summed E-state index contributed by atoms with van der Waals surface area (Å²) in [5.74, 6) is -0.662. The number of anilines is 2. The van der Waals surface area contributed by atoms with Crippen LogP contribution in [0.5, 0.6) is 0 Å². The van der Waals surface area contributed by atoms with Crippen molar-refractivity contribution in [3.63, 3.8) is 0 Å². The number of hydrogen-bond acceptors (Lipinski definition) is 3. The summed E-state index contributed by atoms with van der Waals surface area (Å²) in [5.41, 5.74) is 1.63. The summed E-state index contributed by atoms with van der Waals surface area (Å²) in [6, 6.07) is 14.9. The van der Waals surface area contributed by atoms with Gasteiger partial charge in [0, 0.05) is 23.5 Å². The van der Waals surface area contributed by atoms with Crippen molar-refractivity contribution < 1.29 is 14.4 Å². The standard InChI is InChI=1S/C19H20N4O3/c1-2-12-20-19(26)23-16-10-8-15(9-11-16)22-17(24)13-21-18(25)14-6-4-3-5-7-14/h2-11H,1,12-13H2,(H,21,25)(H,22,24)(H2,20,23,26). The van der Waals surface area contributed by atoms with E-state index in [1.807, 2.05) is 6.07 Å². The van der Waals surface area contributed by atoms with Gasteiger partial charge in [-0.15, -0.1) is 6.58 Å². The van der Waals surface area contributed by atoms with Crippen molar-refractivity contribution in [1.82, 2.24) is 10.6 Å². The summed E-state index contributed by atoms with van der Waals surface area (Å²) in [7, 11) is 0. The molecule has 0 saturated heterocycles. The topological polar surface area (TPSA) is 99.3 Å². The molecule has 0 spiro atoms. The molecule has 4 N–H and O–H groups in total. The third-order valence-corrected chi connectivity index (χ3v) is 3.28. The van der Waals surface area contributed by atoms with E-state index in [1.54, 1.807) is 54.6 Å². The summed E-state index contributed by atoms with van der Waals surface area (Å²) in [6.07, 6.45) is 1.58. The van der Waals surface area contributed by atoms with Crippen molar-refractivity contribution in [1.29, 1.82) is 0 Å². The second-order valence-electron chi connectivity index (χ2n) is 5.30. The van der Waals surface area contributed by atoms with Gasteiger partial charge in [-0.1, -0.05) is 24.3 Å². The molecule has 2 aromatic rings. The van der Waals surface area contributed by atoms with Crippen LogP contribution >= 0.6 is 0 Å². The lowest BCUT2D eigenvalue weighted by atomic mass is 10.2. The monoisotopic (exact) mass is 352 g/mol. The molecule has 0 atom stereocenters. The Balaban J connectivity index is 1.79. The van der Waals surface area contributed by atoms with Gasteiger partial charge in [-0.2, -0.15) is 0 Å². The number of benzene rings is 2. The highest BCUT2D eigenvalue weighted by Gasteiger charge is 2.08. The van der Waals surface area contributed by atoms with Crippen LogP contribution < -0.4 is 21.3 Å². The van der Waals surface area contributed by atoms with Gasteiger partial charge in [0.25, 0.3) is 5.91 Å². The molecule has 0 aliphatic rings. The third-order valence-electron chi connectivity index (χ3n) is 3.28. The van der Waals surface area contributed by atoms with Crippen LogP contribution in [0.1, 0.15) is 10.4 Å². The van der Waals surface area contributed by atoms with Crippen molar-refractivity contribution in [2.24, 2.45) is 0 Å². The number of urea groups is 1. The first kappa shape index (κ1) is 18.7. The van der Waals surface area contributed by atoms with E-state index in [0.29, 0.717) is 23.5 Å². The molecule has 2 aromatic carbocycles. The number of nitrogens with one attached hydrogen (secondary N) is 4. The molecular formula is C19H20N4O3. The predicted octanol–water partition coefficient (Wildman–Crippen LogP) is 2.36. The Morgan fingerprint density at radius 3 is 2.08 bits per heavy atom. The fraction of sp³-hybridized carbons (Fsp3) is 0.105. The molecule has 0 bridgehead atoms. The molecule has 0 heterocycles. The molecule has 134 valence electrons. The van der Waals surface area contributed by atoms with Crippen molar-refractivity contribution in [3.05, 3.63) is 72.8 Å². The molecule has 7 heteroatoms. The molecule has 2 rings (SSSR count). The van der Waals surface area contributed by atoms with Gasteiger partial charge >= 0.3 is 6.03 Å². The van der Waals surface area contributed by atoms with Crippen LogP contribution in [0, 0.1) is 0 Å². The minimum absolute atomic E-state index is 0.141. The maximum atomic E-state index is 11.9. The van der Waals surface area contributed by atoms with Crippen LogP contribution in [0.25, 0.3) is 0 Å². The molecule has 0 radical (unpaired) electrons. The van der Waals surface area contributed by atoms with Gasteiger partial charge in [0.05, 0.1) is 6.54 Å². The van der Waals surface area contributed by atoms with Crippen LogP contribution in [0.15, 0.2) is 67.3 Å². The quantitative estimate of drug-likeness (QED) is 0.576. The lowest BCUT2D eigenvalue weighted by molar-refractivity contribution is -0.115. The minimum Gasteiger partial charge on any atom is -0.343 e. The maximum Gasteiger partial charge on any atom is 0.319 e. The lowest BCUT2D eigenvalue weighted by Gasteiger charge is -2.09. The van der Waals surface area contributed by atoms with E-state index in [-0.39, 0.29) is 24.4 Å². The van der Waals surface area contributed by atoms with Crippen LogP contribution in [0.4, 0.5) is 16.2 Å². The Labute approximate surface area is 151 Å². The van der Waals surface area contributed by atoms with E-state index in [0.717, 1.165) is 0 Å². The third kappa shape index (κ3) is 6.12. The zero-order chi connectivity index (χ0) is 18.8. The lowest BCUT2D eigenvalue weighted by Crippen LogP contribution is -2.32. The molecule has 0 aliphatic heterocycles. The zero-order valence-electron chi connectivity index (χ0n) is 14.1. The fourth-order valence-corrected chi connectivity index (χ4v) is 2.03. The smallest absolute Gasteiger partial charge is 0.319 e. The van der Waals surface area contributed by atoms with Crippen molar-refractivity contribution in [2.75, 3.05) is 23.7 Å². The van der Waals surface area contributed by atoms with E-state index >= 15 is 0 Å². The minimum atomic E-state index is -0.348. The van der Waals surface area contributed by atoms with Gasteiger partial charge in [-0.05, 0) is 36.4 Å². The maximum absolute atomic E-state index is 11.9. The van der Waals surface area contributed by atoms with Gasteiger partial charge in [0.15, 0.2) is 0 Å². The first-order valence-electron chi connectivity index (χ1n) is 7.97. The van der Waals surface area contributed by atoms with Crippen molar-refractivity contribution in [2.45, 2.75) is 0 Å². The molecule has 26 heavy (non-hydrogen) atoms. The summed E-state index contributed by atoms with van der Waals surface area (Å²) >= 11 is 0. The van der Waals surface area contributed by atoms with Gasteiger partial charge in [0.2, 0.25) is 5.91 Å². The van der Waals surface area contributed by atoms with E-state index in [1.165, 1.54) is 0 Å². The van der Waals surface area contributed by atoms with Crippen LogP contribution in [-0.4, -0.2) is 30.9 Å². The zero-order valence-corrected chi connectivity index (χ0v) is 14.1. The van der Waals surface area contributed by atoms with Crippen LogP contribution in [-0.2, 0) is 4.79 Å². The van der Waals surface area contributed by atoms with Crippen LogP contribution in [0.3, 0.4) is 0 Å². The number of rotatable bonds is 7. The molecular weight excluding hydrogens is 332 g/mol. The summed E-state index contributed by atoms with van der Waals surface area (Å²) < 4.78 is 0. The highest BCUT2D eigenvalue weighted by molar-refractivity contribution is 5.99. The molecule has 4 amide bonds. The Hall–Kier alpha value is -3.61. The molecule has 0 unspecified atom stereocenters. The first-order valence-corrected chi connectivity index (χ1v) is 7.97. The highest BCUT2D eigenvalue weighted by Crippen LogP contribution is 2.13. The number of carbonyl (C=O) groups excluding carboxylic acids is 3. The van der Waals surface area contributed by atoms with Gasteiger partial charge in [-0.25, -0.2) is 4.79 Å². The largest absolute Gasteiger partial charge is 0.343 e. The molecule has 0 aliphatic carbocycles. The van der Waals surface area contributed by atoms with Crippen molar-refractivity contribution in [3.8, 4) is 0 Å². The number of amides is 4. The van der Waals surface area contributed by atoms with Gasteiger partial charge in [0.1, 0.15) is 0 Å². The Kier molecular flexibility index (Phi) is 6.93. The molecule has 0 fully saturated rings. The van der Waals surface area contributed by atoms with Gasteiger partial charge in [-0.3, -0.25) is 9.59 Å². The average Bonchev–Trinajstić information content (AvgIpc) is 2.66. The molecule has 0 aromatic heterocycles.